The minimum Gasteiger partial charge on any atom is -0.396 e. The molecule has 0 aromatic rings. The number of aliphatic hydroxyl groups excluding tert-OH is 1. The van der Waals surface area contributed by atoms with Crippen LogP contribution in [-0.2, 0) is 0 Å². The van der Waals surface area contributed by atoms with Crippen molar-refractivity contribution in [1.82, 2.24) is 4.72 Å². The Morgan fingerprint density at radius 3 is 2.67 bits per heavy atom. The van der Waals surface area contributed by atoms with Gasteiger partial charge in [0.25, 0.3) is 0 Å². The highest BCUT2D eigenvalue weighted by Gasteiger charge is 1.85. The lowest BCUT2D eigenvalue weighted by Gasteiger charge is -1.97. The van der Waals surface area contributed by atoms with Gasteiger partial charge in [0, 0.05) is 13.2 Å². The fraction of sp³-hybridized carbons (Fsp3) is 1.00. The molecule has 0 amide bonds. The van der Waals surface area contributed by atoms with Crippen LogP contribution in [0.1, 0.15) is 19.3 Å². The maximum atomic E-state index is 8.40. The molecular weight excluding hydrogens is 134 g/mol. The summed E-state index contributed by atoms with van der Waals surface area (Å²) in [5, 5.41) is 8.40. The van der Waals surface area contributed by atoms with Crippen molar-refractivity contribution in [3.63, 3.8) is 0 Å². The highest BCUT2D eigenvalue weighted by atomic mass is 32.2. The maximum absolute atomic E-state index is 8.40. The summed E-state index contributed by atoms with van der Waals surface area (Å²) in [4.78, 5) is 0. The van der Waals surface area contributed by atoms with Crippen molar-refractivity contribution in [2.75, 3.05) is 19.4 Å². The van der Waals surface area contributed by atoms with E-state index in [0.717, 1.165) is 19.4 Å². The van der Waals surface area contributed by atoms with Gasteiger partial charge in [-0.05, 0) is 25.5 Å². The highest BCUT2D eigenvalue weighted by Crippen LogP contribution is 1.93. The lowest BCUT2D eigenvalue weighted by atomic mass is 10.2. The van der Waals surface area contributed by atoms with Gasteiger partial charge in [-0.25, -0.2) is 0 Å². The third-order valence-electron chi connectivity index (χ3n) is 1.08. The predicted octanol–water partition coefficient (Wildman–Crippen LogP) is 1.02. The molecule has 0 fully saturated rings. The standard InChI is InChI=1S/C6H15NOS/c1-9-7-5-3-2-4-6-8/h7-8H,2-6H2,1H3. The van der Waals surface area contributed by atoms with Crippen molar-refractivity contribution in [3.8, 4) is 0 Å². The molecule has 0 aliphatic carbocycles. The topological polar surface area (TPSA) is 32.3 Å². The van der Waals surface area contributed by atoms with Crippen LogP contribution in [0.2, 0.25) is 0 Å². The van der Waals surface area contributed by atoms with E-state index in [1.54, 1.807) is 11.9 Å². The average Bonchev–Trinajstić information content (AvgIpc) is 1.89. The smallest absolute Gasteiger partial charge is 0.0431 e. The zero-order valence-electron chi connectivity index (χ0n) is 5.89. The van der Waals surface area contributed by atoms with Crippen LogP contribution < -0.4 is 4.72 Å². The number of aliphatic hydroxyl groups is 1. The molecule has 3 heteroatoms. The Labute approximate surface area is 61.2 Å². The van der Waals surface area contributed by atoms with Crippen molar-refractivity contribution in [3.05, 3.63) is 0 Å². The Kier molecular flexibility index (Phi) is 8.52. The Balaban J connectivity index is 2.60. The van der Waals surface area contributed by atoms with Crippen molar-refractivity contribution in [2.24, 2.45) is 0 Å². The first-order chi connectivity index (χ1) is 4.41. The summed E-state index contributed by atoms with van der Waals surface area (Å²) < 4.78 is 3.14. The van der Waals surface area contributed by atoms with Crippen LogP contribution in [0.15, 0.2) is 0 Å². The van der Waals surface area contributed by atoms with Crippen molar-refractivity contribution in [2.45, 2.75) is 19.3 Å². The van der Waals surface area contributed by atoms with E-state index in [1.165, 1.54) is 6.42 Å². The van der Waals surface area contributed by atoms with Crippen LogP contribution in [0.5, 0.6) is 0 Å². The van der Waals surface area contributed by atoms with Gasteiger partial charge >= 0.3 is 0 Å². The van der Waals surface area contributed by atoms with Gasteiger partial charge in [-0.15, -0.1) is 0 Å². The van der Waals surface area contributed by atoms with Gasteiger partial charge in [-0.3, -0.25) is 4.72 Å². The molecule has 0 aliphatic rings. The summed E-state index contributed by atoms with van der Waals surface area (Å²) in [6, 6.07) is 0. The zero-order valence-corrected chi connectivity index (χ0v) is 6.71. The molecule has 9 heavy (non-hydrogen) atoms. The number of hydrogen-bond acceptors (Lipinski definition) is 3. The molecule has 0 aromatic carbocycles. The van der Waals surface area contributed by atoms with Gasteiger partial charge in [0.05, 0.1) is 0 Å². The normalized spacial score (nSPS) is 10.0. The lowest BCUT2D eigenvalue weighted by Crippen LogP contribution is -2.04. The molecule has 0 saturated heterocycles. The quantitative estimate of drug-likeness (QED) is 0.437. The van der Waals surface area contributed by atoms with Crippen LogP contribution >= 0.6 is 11.9 Å². The number of hydrogen-bond donors (Lipinski definition) is 2. The van der Waals surface area contributed by atoms with Gasteiger partial charge in [0.1, 0.15) is 0 Å². The summed E-state index contributed by atoms with van der Waals surface area (Å²) in [5.41, 5.74) is 0. The maximum Gasteiger partial charge on any atom is 0.0431 e. The predicted molar refractivity (Wildman–Crippen MR) is 42.5 cm³/mol. The molecule has 0 unspecified atom stereocenters. The second-order valence-corrected chi connectivity index (χ2v) is 2.58. The minimum absolute atomic E-state index is 0.333. The summed E-state index contributed by atoms with van der Waals surface area (Å²) >= 11 is 1.65. The van der Waals surface area contributed by atoms with Crippen LogP contribution in [0.25, 0.3) is 0 Å². The number of rotatable bonds is 6. The van der Waals surface area contributed by atoms with Crippen LogP contribution in [0.3, 0.4) is 0 Å². The third-order valence-corrected chi connectivity index (χ3v) is 1.57. The lowest BCUT2D eigenvalue weighted by molar-refractivity contribution is 0.283. The van der Waals surface area contributed by atoms with Crippen molar-refractivity contribution >= 4 is 11.9 Å². The molecule has 0 aliphatic heterocycles. The molecule has 0 heterocycles. The van der Waals surface area contributed by atoms with E-state index < -0.39 is 0 Å². The molecule has 0 atom stereocenters. The molecule has 56 valence electrons. The first-order valence-electron chi connectivity index (χ1n) is 3.28. The highest BCUT2D eigenvalue weighted by molar-refractivity contribution is 7.96. The molecule has 0 saturated carbocycles. The molecule has 0 rings (SSSR count). The SMILES string of the molecule is CSNCCCCCO. The van der Waals surface area contributed by atoms with Crippen LogP contribution in [0.4, 0.5) is 0 Å². The monoisotopic (exact) mass is 149 g/mol. The van der Waals surface area contributed by atoms with Crippen LogP contribution in [0, 0.1) is 0 Å². The molecule has 0 spiro atoms. The molecule has 0 bridgehead atoms. The van der Waals surface area contributed by atoms with Crippen molar-refractivity contribution < 1.29 is 5.11 Å². The van der Waals surface area contributed by atoms with Gasteiger partial charge in [0.15, 0.2) is 0 Å². The van der Waals surface area contributed by atoms with E-state index >= 15 is 0 Å². The molecule has 0 radical (unpaired) electrons. The summed E-state index contributed by atoms with van der Waals surface area (Å²) in [5.74, 6) is 0. The Morgan fingerprint density at radius 1 is 1.33 bits per heavy atom. The molecule has 2 nitrogen and oxygen atoms in total. The van der Waals surface area contributed by atoms with Gasteiger partial charge in [0.2, 0.25) is 0 Å². The van der Waals surface area contributed by atoms with Gasteiger partial charge < -0.3 is 5.11 Å². The number of nitrogens with one attached hydrogen (secondary N) is 1. The largest absolute Gasteiger partial charge is 0.396 e. The molecule has 0 aromatic heterocycles. The van der Waals surface area contributed by atoms with E-state index in [4.69, 9.17) is 5.11 Å². The number of unbranched alkanes of at least 4 members (excludes halogenated alkanes) is 2. The fourth-order valence-corrected chi connectivity index (χ4v) is 0.936. The van der Waals surface area contributed by atoms with E-state index in [2.05, 4.69) is 4.72 Å². The summed E-state index contributed by atoms with van der Waals surface area (Å²) in [7, 11) is 0. The molecular formula is C6H15NOS. The summed E-state index contributed by atoms with van der Waals surface area (Å²) in [6.45, 7) is 1.39. The molecule has 2 N–H and O–H groups in total. The van der Waals surface area contributed by atoms with E-state index in [9.17, 15) is 0 Å². The Bertz CT molecular complexity index is 46.3. The van der Waals surface area contributed by atoms with Crippen molar-refractivity contribution in [1.29, 1.82) is 0 Å². The first-order valence-corrected chi connectivity index (χ1v) is 4.51. The van der Waals surface area contributed by atoms with E-state index in [1.807, 2.05) is 6.26 Å². The minimum atomic E-state index is 0.333. The Morgan fingerprint density at radius 2 is 2.11 bits per heavy atom. The third kappa shape index (κ3) is 8.27. The average molecular weight is 149 g/mol. The Hall–Kier alpha value is 0.270. The first kappa shape index (κ1) is 9.27. The van der Waals surface area contributed by atoms with Gasteiger partial charge in [-0.2, -0.15) is 0 Å². The summed E-state index contributed by atoms with van der Waals surface area (Å²) in [6.07, 6.45) is 5.26. The zero-order chi connectivity index (χ0) is 6.95. The van der Waals surface area contributed by atoms with E-state index in [0.29, 0.717) is 6.61 Å². The van der Waals surface area contributed by atoms with Gasteiger partial charge in [-0.1, -0.05) is 11.9 Å². The fourth-order valence-electron chi connectivity index (χ4n) is 0.588. The second kappa shape index (κ2) is 8.27. The second-order valence-electron chi connectivity index (χ2n) is 1.88. The van der Waals surface area contributed by atoms with Crippen LogP contribution in [-0.4, -0.2) is 24.5 Å². The van der Waals surface area contributed by atoms with E-state index in [-0.39, 0.29) is 0 Å².